The van der Waals surface area contributed by atoms with Gasteiger partial charge in [-0.15, -0.1) is 0 Å². The highest BCUT2D eigenvalue weighted by atomic mass is 16.6. The van der Waals surface area contributed by atoms with E-state index in [-0.39, 0.29) is 31.1 Å². The fourth-order valence-electron chi connectivity index (χ4n) is 9.12. The number of esters is 3. The minimum atomic E-state index is -0.775. The van der Waals surface area contributed by atoms with Crippen LogP contribution in [0.2, 0.25) is 0 Å². The van der Waals surface area contributed by atoms with Crippen LogP contribution in [0.4, 0.5) is 0 Å². The number of carbonyl (C=O) groups is 3. The molecule has 0 aromatic heterocycles. The second-order valence-corrected chi connectivity index (χ2v) is 21.0. The molecule has 0 fully saturated rings. The third-order valence-electron chi connectivity index (χ3n) is 13.8. The van der Waals surface area contributed by atoms with Crippen LogP contribution in [0.15, 0.2) is 60.8 Å². The average molecular weight is 1010 g/mol. The number of hydrogen-bond donors (Lipinski definition) is 0. The summed E-state index contributed by atoms with van der Waals surface area (Å²) in [6.07, 6.45) is 76.6. The zero-order valence-electron chi connectivity index (χ0n) is 47.9. The Morgan fingerprint density at radius 3 is 0.847 bits per heavy atom. The molecule has 0 saturated heterocycles. The second-order valence-electron chi connectivity index (χ2n) is 21.0. The Morgan fingerprint density at radius 2 is 0.542 bits per heavy atom. The number of carbonyl (C=O) groups excluding carboxylic acids is 3. The molecule has 0 aromatic carbocycles. The molecule has 0 aliphatic rings. The highest BCUT2D eigenvalue weighted by molar-refractivity contribution is 5.71. The lowest BCUT2D eigenvalue weighted by atomic mass is 10.0. The first-order valence-electron chi connectivity index (χ1n) is 31.3. The van der Waals surface area contributed by atoms with Crippen LogP contribution in [-0.4, -0.2) is 37.2 Å². The number of allylic oxidation sites excluding steroid dienone is 10. The maximum atomic E-state index is 12.9. The lowest BCUT2D eigenvalue weighted by Crippen LogP contribution is -2.30. The van der Waals surface area contributed by atoms with Crippen molar-refractivity contribution < 1.29 is 28.6 Å². The Bertz CT molecular complexity index is 1290. The minimum Gasteiger partial charge on any atom is -0.462 e. The molecular weight excluding hydrogens is 889 g/mol. The molecule has 0 N–H and O–H groups in total. The molecule has 0 saturated carbocycles. The zero-order chi connectivity index (χ0) is 52.2. The van der Waals surface area contributed by atoms with E-state index in [0.717, 1.165) is 96.3 Å². The third-order valence-corrected chi connectivity index (χ3v) is 13.8. The van der Waals surface area contributed by atoms with Crippen molar-refractivity contribution in [2.45, 2.75) is 329 Å². The third kappa shape index (κ3) is 58.0. The van der Waals surface area contributed by atoms with Crippen LogP contribution in [0.1, 0.15) is 323 Å². The van der Waals surface area contributed by atoms with Gasteiger partial charge in [0.05, 0.1) is 0 Å². The Balaban J connectivity index is 4.26. The van der Waals surface area contributed by atoms with E-state index >= 15 is 0 Å². The van der Waals surface area contributed by atoms with Gasteiger partial charge in [0.2, 0.25) is 0 Å². The van der Waals surface area contributed by atoms with Crippen molar-refractivity contribution >= 4 is 17.9 Å². The van der Waals surface area contributed by atoms with E-state index in [1.807, 2.05) is 0 Å². The van der Waals surface area contributed by atoms with Crippen molar-refractivity contribution in [3.63, 3.8) is 0 Å². The van der Waals surface area contributed by atoms with Crippen molar-refractivity contribution in [3.8, 4) is 0 Å². The molecular formula is C66H118O6. The average Bonchev–Trinajstić information content (AvgIpc) is 3.38. The summed E-state index contributed by atoms with van der Waals surface area (Å²) in [4.78, 5) is 38.2. The van der Waals surface area contributed by atoms with E-state index in [2.05, 4.69) is 81.5 Å². The van der Waals surface area contributed by atoms with Gasteiger partial charge in [0, 0.05) is 19.3 Å². The summed E-state index contributed by atoms with van der Waals surface area (Å²) in [5, 5.41) is 0. The van der Waals surface area contributed by atoms with Crippen LogP contribution in [-0.2, 0) is 28.6 Å². The van der Waals surface area contributed by atoms with Crippen molar-refractivity contribution in [2.24, 2.45) is 0 Å². The quantitative estimate of drug-likeness (QED) is 0.0261. The maximum absolute atomic E-state index is 12.9. The minimum absolute atomic E-state index is 0.0734. The number of unbranched alkanes of at least 4 members (excludes halogenated alkanes) is 36. The SMILES string of the molecule is CC/C=C\C/C=C\C/C=C\C/C=C\C/C=C\CCCCCCCCCC(=O)OCC(COC(=O)CCCCCCCCCCCC)OC(=O)CCCCCCCCCCCCCCCCCCCCCCC. The Kier molecular flexibility index (Phi) is 58.2. The summed E-state index contributed by atoms with van der Waals surface area (Å²) in [5.41, 5.74) is 0. The fraction of sp³-hybridized carbons (Fsp3) is 0.803. The van der Waals surface area contributed by atoms with Crippen LogP contribution in [0, 0.1) is 0 Å². The van der Waals surface area contributed by atoms with Gasteiger partial charge in [0.25, 0.3) is 0 Å². The first-order chi connectivity index (χ1) is 35.5. The van der Waals surface area contributed by atoms with Crippen molar-refractivity contribution in [3.05, 3.63) is 60.8 Å². The molecule has 0 amide bonds. The van der Waals surface area contributed by atoms with Gasteiger partial charge in [-0.25, -0.2) is 0 Å². The van der Waals surface area contributed by atoms with Gasteiger partial charge < -0.3 is 14.2 Å². The van der Waals surface area contributed by atoms with Crippen molar-refractivity contribution in [2.75, 3.05) is 13.2 Å². The van der Waals surface area contributed by atoms with Gasteiger partial charge in [-0.3, -0.25) is 14.4 Å². The van der Waals surface area contributed by atoms with Crippen LogP contribution in [0.3, 0.4) is 0 Å². The molecule has 0 heterocycles. The molecule has 0 rings (SSSR count). The Labute approximate surface area is 447 Å². The summed E-state index contributed by atoms with van der Waals surface area (Å²) in [7, 11) is 0. The van der Waals surface area contributed by atoms with E-state index < -0.39 is 6.10 Å². The predicted molar refractivity (Wildman–Crippen MR) is 312 cm³/mol. The molecule has 6 nitrogen and oxygen atoms in total. The standard InChI is InChI=1S/C66H118O6/c1-4-7-10-13-16-19-22-24-26-28-30-32-33-35-36-38-40-42-44-47-50-53-56-59-65(68)71-62-63(61-70-64(67)58-55-52-49-46-21-18-15-12-9-6-3)72-66(69)60-57-54-51-48-45-43-41-39-37-34-31-29-27-25-23-20-17-14-11-8-5-2/h7,10,16,19,24,26,30,32,35-36,63H,4-6,8-9,11-15,17-18,20-23,25,27-29,31,33-34,37-62H2,1-3H3/b10-7-,19-16-,26-24-,32-30-,36-35-. The first kappa shape index (κ1) is 69.1. The topological polar surface area (TPSA) is 78.9 Å². The lowest BCUT2D eigenvalue weighted by molar-refractivity contribution is -0.167. The largest absolute Gasteiger partial charge is 0.462 e. The van der Waals surface area contributed by atoms with E-state index in [4.69, 9.17) is 14.2 Å². The molecule has 0 aromatic rings. The molecule has 1 unspecified atom stereocenters. The summed E-state index contributed by atoms with van der Waals surface area (Å²) >= 11 is 0. The van der Waals surface area contributed by atoms with Gasteiger partial charge >= 0.3 is 17.9 Å². The summed E-state index contributed by atoms with van der Waals surface area (Å²) in [6, 6.07) is 0. The van der Waals surface area contributed by atoms with E-state index in [1.54, 1.807) is 0 Å². The van der Waals surface area contributed by atoms with Crippen molar-refractivity contribution in [1.82, 2.24) is 0 Å². The summed E-state index contributed by atoms with van der Waals surface area (Å²) < 4.78 is 16.9. The summed E-state index contributed by atoms with van der Waals surface area (Å²) in [5.74, 6) is -0.868. The Hall–Kier alpha value is -2.89. The molecule has 0 aliphatic carbocycles. The zero-order valence-corrected chi connectivity index (χ0v) is 47.9. The van der Waals surface area contributed by atoms with E-state index in [0.29, 0.717) is 19.3 Å². The second kappa shape index (κ2) is 60.7. The van der Waals surface area contributed by atoms with Gasteiger partial charge in [0.15, 0.2) is 6.10 Å². The van der Waals surface area contributed by atoms with Crippen LogP contribution in [0.25, 0.3) is 0 Å². The molecule has 0 bridgehead atoms. The molecule has 0 spiro atoms. The lowest BCUT2D eigenvalue weighted by Gasteiger charge is -2.18. The molecule has 6 heteroatoms. The number of ether oxygens (including phenoxy) is 3. The van der Waals surface area contributed by atoms with Gasteiger partial charge in [-0.2, -0.15) is 0 Å². The normalized spacial score (nSPS) is 12.4. The number of rotatable bonds is 57. The molecule has 0 aliphatic heterocycles. The smallest absolute Gasteiger partial charge is 0.306 e. The molecule has 0 radical (unpaired) electrons. The Morgan fingerprint density at radius 1 is 0.292 bits per heavy atom. The first-order valence-corrected chi connectivity index (χ1v) is 31.3. The maximum Gasteiger partial charge on any atom is 0.306 e. The van der Waals surface area contributed by atoms with Gasteiger partial charge in [-0.1, -0.05) is 300 Å². The fourth-order valence-corrected chi connectivity index (χ4v) is 9.12. The van der Waals surface area contributed by atoms with Crippen LogP contribution >= 0.6 is 0 Å². The highest BCUT2D eigenvalue weighted by Crippen LogP contribution is 2.17. The van der Waals surface area contributed by atoms with E-state index in [1.165, 1.54) is 186 Å². The monoisotopic (exact) mass is 1010 g/mol. The van der Waals surface area contributed by atoms with E-state index in [9.17, 15) is 14.4 Å². The number of hydrogen-bond acceptors (Lipinski definition) is 6. The summed E-state index contributed by atoms with van der Waals surface area (Å²) in [6.45, 7) is 6.55. The van der Waals surface area contributed by atoms with Crippen LogP contribution < -0.4 is 0 Å². The van der Waals surface area contributed by atoms with Gasteiger partial charge in [-0.05, 0) is 64.2 Å². The van der Waals surface area contributed by atoms with Crippen LogP contribution in [0.5, 0.6) is 0 Å². The van der Waals surface area contributed by atoms with Gasteiger partial charge in [0.1, 0.15) is 13.2 Å². The van der Waals surface area contributed by atoms with Crippen molar-refractivity contribution in [1.29, 1.82) is 0 Å². The molecule has 418 valence electrons. The molecule has 1 atom stereocenters. The molecule has 72 heavy (non-hydrogen) atoms. The highest BCUT2D eigenvalue weighted by Gasteiger charge is 2.19. The predicted octanol–water partition coefficient (Wildman–Crippen LogP) is 21.2.